The molecular weight excluding hydrogens is 358 g/mol. The van der Waals surface area contributed by atoms with Crippen LogP contribution in [0.4, 0.5) is 5.82 Å². The highest BCUT2D eigenvalue weighted by molar-refractivity contribution is 9.11. The number of aromatic nitrogens is 2. The molecule has 0 saturated carbocycles. The molecule has 96 valence electrons. The van der Waals surface area contributed by atoms with Crippen molar-refractivity contribution in [3.63, 3.8) is 0 Å². The van der Waals surface area contributed by atoms with Crippen LogP contribution >= 0.6 is 31.9 Å². The summed E-state index contributed by atoms with van der Waals surface area (Å²) in [5.41, 5.74) is 9.26. The Kier molecular flexibility index (Phi) is 4.12. The molecule has 0 atom stereocenters. The first-order valence-corrected chi connectivity index (χ1v) is 7.39. The van der Waals surface area contributed by atoms with Gasteiger partial charge in [-0.2, -0.15) is 5.10 Å². The average molecular weight is 373 g/mol. The van der Waals surface area contributed by atoms with E-state index < -0.39 is 0 Å². The summed E-state index contributed by atoms with van der Waals surface area (Å²) < 4.78 is 3.80. The first kappa shape index (κ1) is 13.6. The van der Waals surface area contributed by atoms with E-state index in [-0.39, 0.29) is 0 Å². The minimum Gasteiger partial charge on any atom is -0.384 e. The summed E-state index contributed by atoms with van der Waals surface area (Å²) in [6.45, 7) is 2.15. The van der Waals surface area contributed by atoms with Gasteiger partial charge in [-0.3, -0.25) is 4.68 Å². The Morgan fingerprint density at radius 2 is 1.83 bits per heavy atom. The fourth-order valence-corrected chi connectivity index (χ4v) is 3.29. The maximum atomic E-state index is 6.08. The number of nitrogens with zero attached hydrogens (tertiary/aromatic N) is 2. The normalized spacial score (nSPS) is 10.9. The van der Waals surface area contributed by atoms with E-state index in [2.05, 4.69) is 56.0 Å². The minimum atomic E-state index is 0.753. The number of nitrogen functional groups attached to an aromatic ring is 1. The van der Waals surface area contributed by atoms with Crippen LogP contribution in [0.5, 0.6) is 0 Å². The van der Waals surface area contributed by atoms with Crippen molar-refractivity contribution in [2.75, 3.05) is 5.73 Å². The molecule has 1 heterocycles. The van der Waals surface area contributed by atoms with E-state index >= 15 is 0 Å². The number of rotatable bonds is 3. The summed E-state index contributed by atoms with van der Waals surface area (Å²) in [5, 5.41) is 4.53. The highest BCUT2D eigenvalue weighted by Gasteiger charge is 2.15. The van der Waals surface area contributed by atoms with Crippen LogP contribution in [0.1, 0.15) is 18.9 Å². The molecule has 0 unspecified atom stereocenters. The lowest BCUT2D eigenvalue weighted by Crippen LogP contribution is -1.99. The molecule has 3 nitrogen and oxygen atoms in total. The molecule has 0 bridgehead atoms. The third kappa shape index (κ3) is 2.62. The zero-order valence-corrected chi connectivity index (χ0v) is 13.5. The second-order valence-electron chi connectivity index (χ2n) is 4.24. The zero-order chi connectivity index (χ0) is 13.3. The van der Waals surface area contributed by atoms with E-state index in [1.165, 1.54) is 0 Å². The third-order valence-corrected chi connectivity index (χ3v) is 3.75. The molecule has 2 aromatic rings. The van der Waals surface area contributed by atoms with E-state index in [1.54, 1.807) is 4.68 Å². The topological polar surface area (TPSA) is 43.8 Å². The lowest BCUT2D eigenvalue weighted by atomic mass is 10.0. The van der Waals surface area contributed by atoms with Crippen LogP contribution < -0.4 is 5.73 Å². The first-order chi connectivity index (χ1) is 8.52. The van der Waals surface area contributed by atoms with E-state index in [0.29, 0.717) is 0 Å². The molecule has 2 rings (SSSR count). The maximum absolute atomic E-state index is 6.08. The smallest absolute Gasteiger partial charge is 0.125 e. The van der Waals surface area contributed by atoms with Crippen molar-refractivity contribution in [1.82, 2.24) is 9.78 Å². The van der Waals surface area contributed by atoms with Crippen molar-refractivity contribution in [3.8, 4) is 11.3 Å². The third-order valence-electron chi connectivity index (χ3n) is 2.83. The number of aryl methyl sites for hydroxylation is 1. The van der Waals surface area contributed by atoms with Crippen molar-refractivity contribution < 1.29 is 0 Å². The molecule has 0 fully saturated rings. The molecule has 0 saturated heterocycles. The molecule has 1 aromatic heterocycles. The standard InChI is InChI=1S/C13H15Br2N3/c1-3-4-11-12(17-18(2)13(11)16)8-5-9(14)7-10(15)6-8/h5-7H,3-4,16H2,1-2H3. The Hall–Kier alpha value is -0.810. The molecule has 0 aliphatic rings. The summed E-state index contributed by atoms with van der Waals surface area (Å²) >= 11 is 7.01. The molecule has 1 aromatic carbocycles. The summed E-state index contributed by atoms with van der Waals surface area (Å²) in [6.07, 6.45) is 2.00. The quantitative estimate of drug-likeness (QED) is 0.879. The van der Waals surface area contributed by atoms with E-state index in [9.17, 15) is 0 Å². The highest BCUT2D eigenvalue weighted by atomic mass is 79.9. The molecule has 2 N–H and O–H groups in total. The van der Waals surface area contributed by atoms with Crippen LogP contribution in [-0.2, 0) is 13.5 Å². The number of benzene rings is 1. The van der Waals surface area contributed by atoms with Gasteiger partial charge in [0.05, 0.1) is 5.69 Å². The highest BCUT2D eigenvalue weighted by Crippen LogP contribution is 2.32. The largest absolute Gasteiger partial charge is 0.384 e. The van der Waals surface area contributed by atoms with Gasteiger partial charge in [-0.05, 0) is 24.6 Å². The maximum Gasteiger partial charge on any atom is 0.125 e. The van der Waals surface area contributed by atoms with Gasteiger partial charge in [-0.15, -0.1) is 0 Å². The summed E-state index contributed by atoms with van der Waals surface area (Å²) in [5.74, 6) is 0.753. The monoisotopic (exact) mass is 371 g/mol. The first-order valence-electron chi connectivity index (χ1n) is 5.80. The molecule has 5 heteroatoms. The van der Waals surface area contributed by atoms with Gasteiger partial charge in [0.15, 0.2) is 0 Å². The summed E-state index contributed by atoms with van der Waals surface area (Å²) in [4.78, 5) is 0. The lowest BCUT2D eigenvalue weighted by Gasteiger charge is -2.04. The SMILES string of the molecule is CCCc1c(-c2cc(Br)cc(Br)c2)nn(C)c1N. The van der Waals surface area contributed by atoms with Crippen molar-refractivity contribution in [1.29, 1.82) is 0 Å². The average Bonchev–Trinajstić information content (AvgIpc) is 2.56. The zero-order valence-electron chi connectivity index (χ0n) is 10.4. The van der Waals surface area contributed by atoms with E-state index in [1.807, 2.05) is 13.1 Å². The molecular formula is C13H15Br2N3. The fraction of sp³-hybridized carbons (Fsp3) is 0.308. The number of hydrogen-bond donors (Lipinski definition) is 1. The van der Waals surface area contributed by atoms with Crippen molar-refractivity contribution in [2.24, 2.45) is 7.05 Å². The molecule has 0 aliphatic heterocycles. The van der Waals surface area contributed by atoms with Gasteiger partial charge in [0.1, 0.15) is 5.82 Å². The molecule has 0 radical (unpaired) electrons. The Morgan fingerprint density at radius 1 is 1.22 bits per heavy atom. The van der Waals surface area contributed by atoms with Crippen LogP contribution in [0.2, 0.25) is 0 Å². The Bertz CT molecular complexity index is 556. The second kappa shape index (κ2) is 5.45. The summed E-state index contributed by atoms with van der Waals surface area (Å²) in [6, 6.07) is 6.13. The van der Waals surface area contributed by atoms with Crippen molar-refractivity contribution >= 4 is 37.7 Å². The molecule has 18 heavy (non-hydrogen) atoms. The Balaban J connectivity index is 2.59. The van der Waals surface area contributed by atoms with Gasteiger partial charge in [0, 0.05) is 27.1 Å². The van der Waals surface area contributed by atoms with Gasteiger partial charge in [0.25, 0.3) is 0 Å². The molecule has 0 aliphatic carbocycles. The van der Waals surface area contributed by atoms with E-state index in [0.717, 1.165) is 44.4 Å². The lowest BCUT2D eigenvalue weighted by molar-refractivity contribution is 0.781. The number of hydrogen-bond acceptors (Lipinski definition) is 2. The number of anilines is 1. The number of nitrogens with two attached hydrogens (primary N) is 1. The predicted molar refractivity (Wildman–Crippen MR) is 82.5 cm³/mol. The fourth-order valence-electron chi connectivity index (χ4n) is 2.00. The minimum absolute atomic E-state index is 0.753. The van der Waals surface area contributed by atoms with Crippen LogP contribution in [0.25, 0.3) is 11.3 Å². The second-order valence-corrected chi connectivity index (χ2v) is 6.08. The van der Waals surface area contributed by atoms with Crippen molar-refractivity contribution in [2.45, 2.75) is 19.8 Å². The predicted octanol–water partition coefficient (Wildman–Crippen LogP) is 4.15. The Labute approximate surface area is 124 Å². The van der Waals surface area contributed by atoms with Gasteiger partial charge >= 0.3 is 0 Å². The van der Waals surface area contributed by atoms with Crippen molar-refractivity contribution in [3.05, 3.63) is 32.7 Å². The van der Waals surface area contributed by atoms with Gasteiger partial charge in [-0.25, -0.2) is 0 Å². The molecule has 0 spiro atoms. The van der Waals surface area contributed by atoms with Crippen LogP contribution in [0, 0.1) is 0 Å². The van der Waals surface area contributed by atoms with Crippen LogP contribution in [0.15, 0.2) is 27.1 Å². The van der Waals surface area contributed by atoms with Crippen LogP contribution in [-0.4, -0.2) is 9.78 Å². The number of halogens is 2. The van der Waals surface area contributed by atoms with E-state index in [4.69, 9.17) is 5.73 Å². The van der Waals surface area contributed by atoms with Gasteiger partial charge in [-0.1, -0.05) is 45.2 Å². The Morgan fingerprint density at radius 3 is 2.39 bits per heavy atom. The summed E-state index contributed by atoms with van der Waals surface area (Å²) in [7, 11) is 1.88. The van der Waals surface area contributed by atoms with Gasteiger partial charge < -0.3 is 5.73 Å². The van der Waals surface area contributed by atoms with Gasteiger partial charge in [0.2, 0.25) is 0 Å². The molecule has 0 amide bonds. The van der Waals surface area contributed by atoms with Crippen LogP contribution in [0.3, 0.4) is 0 Å².